The molecule has 3 aromatic rings. The number of aromatic nitrogens is 2. The highest BCUT2D eigenvalue weighted by Gasteiger charge is 2.41. The molecule has 1 fully saturated rings. The lowest BCUT2D eigenvalue weighted by atomic mass is 9.60. The summed E-state index contributed by atoms with van der Waals surface area (Å²) in [7, 11) is 0. The van der Waals surface area contributed by atoms with E-state index in [2.05, 4.69) is 53.4 Å². The summed E-state index contributed by atoms with van der Waals surface area (Å²) in [6.45, 7) is 6.15. The third-order valence-electron chi connectivity index (χ3n) is 4.81. The standard InChI is InChI=1S/C18H18N2.C2H6/c1-13-3-5-14(6-4-13)18(8-2-9-18)16-11-20-17-12-19-10-7-15(16)17;1-2/h3-7,10-12,20H,2,8-9H2,1H3;1-2H3. The maximum absolute atomic E-state index is 4.21. The van der Waals surface area contributed by atoms with E-state index in [0.717, 1.165) is 5.52 Å². The van der Waals surface area contributed by atoms with Crippen molar-refractivity contribution in [2.45, 2.75) is 45.4 Å². The van der Waals surface area contributed by atoms with Crippen molar-refractivity contribution in [2.24, 2.45) is 0 Å². The Balaban J connectivity index is 0.000000693. The first kappa shape index (κ1) is 14.8. The fourth-order valence-electron chi connectivity index (χ4n) is 3.48. The van der Waals surface area contributed by atoms with Gasteiger partial charge in [0.25, 0.3) is 0 Å². The van der Waals surface area contributed by atoms with Gasteiger partial charge in [-0.1, -0.05) is 50.1 Å². The summed E-state index contributed by atoms with van der Waals surface area (Å²) >= 11 is 0. The van der Waals surface area contributed by atoms with Crippen molar-refractivity contribution in [3.05, 3.63) is 65.6 Å². The topological polar surface area (TPSA) is 28.7 Å². The molecule has 0 bridgehead atoms. The molecule has 0 amide bonds. The lowest BCUT2D eigenvalue weighted by Crippen LogP contribution is -2.35. The Labute approximate surface area is 132 Å². The fraction of sp³-hybridized carbons (Fsp3) is 0.350. The average molecular weight is 292 g/mol. The molecule has 0 radical (unpaired) electrons. The number of hydrogen-bond donors (Lipinski definition) is 1. The Morgan fingerprint density at radius 2 is 1.77 bits per heavy atom. The molecule has 2 aromatic heterocycles. The van der Waals surface area contributed by atoms with Crippen LogP contribution in [-0.2, 0) is 5.41 Å². The van der Waals surface area contributed by atoms with E-state index in [9.17, 15) is 0 Å². The van der Waals surface area contributed by atoms with Gasteiger partial charge in [-0.2, -0.15) is 0 Å². The number of fused-ring (bicyclic) bond motifs is 1. The first-order valence-electron chi connectivity index (χ1n) is 8.28. The van der Waals surface area contributed by atoms with Crippen LogP contribution in [0.5, 0.6) is 0 Å². The monoisotopic (exact) mass is 292 g/mol. The van der Waals surface area contributed by atoms with E-state index in [1.165, 1.54) is 41.3 Å². The predicted octanol–water partition coefficient (Wildman–Crippen LogP) is 5.37. The molecule has 0 spiro atoms. The summed E-state index contributed by atoms with van der Waals surface area (Å²) in [6.07, 6.45) is 9.79. The van der Waals surface area contributed by atoms with Crippen LogP contribution in [0.1, 0.15) is 49.8 Å². The summed E-state index contributed by atoms with van der Waals surface area (Å²) in [5.74, 6) is 0. The summed E-state index contributed by atoms with van der Waals surface area (Å²) in [5.41, 5.74) is 5.55. The normalized spacial score (nSPS) is 15.8. The van der Waals surface area contributed by atoms with E-state index >= 15 is 0 Å². The van der Waals surface area contributed by atoms with Gasteiger partial charge in [0.1, 0.15) is 0 Å². The second-order valence-corrected chi connectivity index (χ2v) is 5.93. The molecule has 0 aliphatic heterocycles. The lowest BCUT2D eigenvalue weighted by Gasteiger charge is -2.42. The Morgan fingerprint density at radius 3 is 2.41 bits per heavy atom. The summed E-state index contributed by atoms with van der Waals surface area (Å²) in [6, 6.07) is 11.2. The van der Waals surface area contributed by atoms with Gasteiger partial charge in [-0.05, 0) is 37.0 Å². The molecule has 2 nitrogen and oxygen atoms in total. The molecular weight excluding hydrogens is 268 g/mol. The molecule has 22 heavy (non-hydrogen) atoms. The van der Waals surface area contributed by atoms with Crippen LogP contribution < -0.4 is 0 Å². The second kappa shape index (κ2) is 5.96. The summed E-state index contributed by atoms with van der Waals surface area (Å²) in [5, 5.41) is 1.32. The SMILES string of the molecule is CC.Cc1ccc(C2(c3c[nH]c4cnccc34)CCC2)cc1. The highest BCUT2D eigenvalue weighted by Crippen LogP contribution is 2.50. The number of nitrogens with one attached hydrogen (secondary N) is 1. The molecule has 0 unspecified atom stereocenters. The minimum atomic E-state index is 0.202. The number of hydrogen-bond acceptors (Lipinski definition) is 1. The van der Waals surface area contributed by atoms with Gasteiger partial charge in [0, 0.05) is 23.2 Å². The first-order valence-corrected chi connectivity index (χ1v) is 8.28. The largest absolute Gasteiger partial charge is 0.360 e. The van der Waals surface area contributed by atoms with Gasteiger partial charge in [-0.25, -0.2) is 0 Å². The first-order chi connectivity index (χ1) is 10.8. The van der Waals surface area contributed by atoms with Crippen LogP contribution in [0.3, 0.4) is 0 Å². The van der Waals surface area contributed by atoms with Crippen molar-refractivity contribution in [2.75, 3.05) is 0 Å². The van der Waals surface area contributed by atoms with Crippen LogP contribution in [0, 0.1) is 6.92 Å². The van der Waals surface area contributed by atoms with Crippen LogP contribution in [0.25, 0.3) is 10.9 Å². The zero-order valence-electron chi connectivity index (χ0n) is 13.7. The van der Waals surface area contributed by atoms with Crippen molar-refractivity contribution < 1.29 is 0 Å². The van der Waals surface area contributed by atoms with Gasteiger partial charge in [0.2, 0.25) is 0 Å². The van der Waals surface area contributed by atoms with Gasteiger partial charge in [-0.3, -0.25) is 4.98 Å². The lowest BCUT2D eigenvalue weighted by molar-refractivity contribution is 0.304. The van der Waals surface area contributed by atoms with Gasteiger partial charge >= 0.3 is 0 Å². The Hall–Kier alpha value is -2.09. The summed E-state index contributed by atoms with van der Waals surface area (Å²) in [4.78, 5) is 7.59. The molecule has 0 saturated heterocycles. The molecule has 1 N–H and O–H groups in total. The number of aromatic amines is 1. The molecule has 2 heteroatoms. The number of benzene rings is 1. The van der Waals surface area contributed by atoms with Crippen LogP contribution in [0.4, 0.5) is 0 Å². The second-order valence-electron chi connectivity index (χ2n) is 5.93. The van der Waals surface area contributed by atoms with Gasteiger partial charge in [0.15, 0.2) is 0 Å². The van der Waals surface area contributed by atoms with Gasteiger partial charge < -0.3 is 4.98 Å². The Bertz CT molecular complexity index is 749. The van der Waals surface area contributed by atoms with Crippen LogP contribution in [0.15, 0.2) is 48.9 Å². The number of nitrogens with zero attached hydrogens (tertiary/aromatic N) is 1. The van der Waals surface area contributed by atoms with E-state index in [-0.39, 0.29) is 5.41 Å². The quantitative estimate of drug-likeness (QED) is 0.676. The van der Waals surface area contributed by atoms with Crippen molar-refractivity contribution >= 4 is 10.9 Å². The fourth-order valence-corrected chi connectivity index (χ4v) is 3.48. The van der Waals surface area contributed by atoms with Gasteiger partial charge in [0.05, 0.1) is 11.7 Å². The number of aryl methyl sites for hydroxylation is 1. The predicted molar refractivity (Wildman–Crippen MR) is 93.3 cm³/mol. The molecule has 114 valence electrons. The molecular formula is C20H24N2. The maximum Gasteiger partial charge on any atom is 0.0643 e. The molecule has 4 rings (SSSR count). The van der Waals surface area contributed by atoms with Crippen LogP contribution in [-0.4, -0.2) is 9.97 Å². The van der Waals surface area contributed by atoms with E-state index < -0.39 is 0 Å². The minimum absolute atomic E-state index is 0.202. The third kappa shape index (κ3) is 2.23. The van der Waals surface area contributed by atoms with Gasteiger partial charge in [-0.15, -0.1) is 0 Å². The van der Waals surface area contributed by atoms with E-state index in [0.29, 0.717) is 0 Å². The van der Waals surface area contributed by atoms with Crippen LogP contribution >= 0.6 is 0 Å². The average Bonchev–Trinajstić information content (AvgIpc) is 2.95. The van der Waals surface area contributed by atoms with Crippen molar-refractivity contribution in [3.63, 3.8) is 0 Å². The Morgan fingerprint density at radius 1 is 1.05 bits per heavy atom. The van der Waals surface area contributed by atoms with E-state index in [4.69, 9.17) is 0 Å². The zero-order valence-corrected chi connectivity index (χ0v) is 13.7. The maximum atomic E-state index is 4.21. The van der Waals surface area contributed by atoms with Crippen molar-refractivity contribution in [1.82, 2.24) is 9.97 Å². The number of H-pyrrole nitrogens is 1. The molecule has 0 atom stereocenters. The molecule has 1 aliphatic rings. The smallest absolute Gasteiger partial charge is 0.0643 e. The molecule has 1 saturated carbocycles. The Kier molecular flexibility index (Phi) is 4.02. The summed E-state index contributed by atoms with van der Waals surface area (Å²) < 4.78 is 0. The van der Waals surface area contributed by atoms with Crippen LogP contribution in [0.2, 0.25) is 0 Å². The van der Waals surface area contributed by atoms with Crippen molar-refractivity contribution in [3.8, 4) is 0 Å². The molecule has 1 aromatic carbocycles. The molecule has 2 heterocycles. The number of pyridine rings is 1. The molecule has 1 aliphatic carbocycles. The number of rotatable bonds is 2. The van der Waals surface area contributed by atoms with E-state index in [1.54, 1.807) is 0 Å². The zero-order chi connectivity index (χ0) is 15.6. The highest BCUT2D eigenvalue weighted by molar-refractivity contribution is 5.84. The highest BCUT2D eigenvalue weighted by atomic mass is 14.7. The van der Waals surface area contributed by atoms with Crippen molar-refractivity contribution in [1.29, 1.82) is 0 Å². The third-order valence-corrected chi connectivity index (χ3v) is 4.81. The van der Waals surface area contributed by atoms with E-state index in [1.807, 2.05) is 26.2 Å². The minimum Gasteiger partial charge on any atom is -0.360 e.